The summed E-state index contributed by atoms with van der Waals surface area (Å²) in [6.07, 6.45) is 4.53. The van der Waals surface area contributed by atoms with Crippen LogP contribution in [0.5, 0.6) is 0 Å². The van der Waals surface area contributed by atoms with E-state index < -0.39 is 0 Å². The van der Waals surface area contributed by atoms with E-state index in [1.807, 2.05) is 6.92 Å². The zero-order chi connectivity index (χ0) is 14.3. The van der Waals surface area contributed by atoms with E-state index in [0.717, 1.165) is 25.9 Å². The van der Waals surface area contributed by atoms with Gasteiger partial charge < -0.3 is 15.5 Å². The average Bonchev–Trinajstić information content (AvgIpc) is 2.61. The fourth-order valence-electron chi connectivity index (χ4n) is 2.63. The number of carbonyl (C=O) groups is 1. The Hall–Kier alpha value is -0.610. The first-order valence-corrected chi connectivity index (χ1v) is 7.82. The van der Waals surface area contributed by atoms with Crippen molar-refractivity contribution in [3.05, 3.63) is 0 Å². The standard InChI is InChI=1S/C15H31N3O/c1-5-9-16-15(19)13(4)17-14-7-6-10-18(11-8-14)12(2)3/h12-14,17H,5-11H2,1-4H3,(H,16,19). The van der Waals surface area contributed by atoms with Gasteiger partial charge in [0.2, 0.25) is 5.91 Å². The number of nitrogens with one attached hydrogen (secondary N) is 2. The number of hydrogen-bond donors (Lipinski definition) is 2. The molecule has 2 unspecified atom stereocenters. The lowest BCUT2D eigenvalue weighted by atomic mass is 10.1. The Morgan fingerprint density at radius 2 is 2.00 bits per heavy atom. The van der Waals surface area contributed by atoms with E-state index in [9.17, 15) is 4.79 Å². The molecule has 0 radical (unpaired) electrons. The molecule has 1 rings (SSSR count). The van der Waals surface area contributed by atoms with Crippen LogP contribution in [0.4, 0.5) is 0 Å². The summed E-state index contributed by atoms with van der Waals surface area (Å²) in [6.45, 7) is 11.7. The summed E-state index contributed by atoms with van der Waals surface area (Å²) in [5, 5.41) is 6.44. The van der Waals surface area contributed by atoms with E-state index in [4.69, 9.17) is 0 Å². The molecule has 0 aromatic rings. The van der Waals surface area contributed by atoms with Gasteiger partial charge in [-0.1, -0.05) is 6.92 Å². The molecule has 1 fully saturated rings. The molecular formula is C15H31N3O. The quantitative estimate of drug-likeness (QED) is 0.772. The van der Waals surface area contributed by atoms with Crippen LogP contribution in [0, 0.1) is 0 Å². The van der Waals surface area contributed by atoms with Gasteiger partial charge in [0.1, 0.15) is 0 Å². The molecule has 1 aliphatic rings. The average molecular weight is 269 g/mol. The van der Waals surface area contributed by atoms with Gasteiger partial charge in [0.15, 0.2) is 0 Å². The SMILES string of the molecule is CCCNC(=O)C(C)NC1CCCN(C(C)C)CC1. The molecule has 0 spiro atoms. The van der Waals surface area contributed by atoms with Crippen molar-refractivity contribution in [2.45, 2.75) is 71.5 Å². The van der Waals surface area contributed by atoms with Gasteiger partial charge in [0.25, 0.3) is 0 Å². The van der Waals surface area contributed by atoms with Gasteiger partial charge in [-0.15, -0.1) is 0 Å². The molecule has 0 aromatic carbocycles. The third-order valence-corrected chi connectivity index (χ3v) is 3.92. The Morgan fingerprint density at radius 1 is 1.26 bits per heavy atom. The lowest BCUT2D eigenvalue weighted by Gasteiger charge is -2.25. The minimum Gasteiger partial charge on any atom is -0.355 e. The molecule has 0 aromatic heterocycles. The van der Waals surface area contributed by atoms with E-state index in [1.54, 1.807) is 0 Å². The van der Waals surface area contributed by atoms with E-state index in [-0.39, 0.29) is 11.9 Å². The van der Waals surface area contributed by atoms with Crippen LogP contribution in [-0.4, -0.2) is 48.6 Å². The summed E-state index contributed by atoms with van der Waals surface area (Å²) < 4.78 is 0. The second-order valence-corrected chi connectivity index (χ2v) is 5.94. The summed E-state index contributed by atoms with van der Waals surface area (Å²) in [6, 6.07) is 1.03. The number of rotatable bonds is 6. The molecule has 1 saturated heterocycles. The van der Waals surface area contributed by atoms with E-state index >= 15 is 0 Å². The second kappa shape index (κ2) is 8.54. The van der Waals surface area contributed by atoms with Gasteiger partial charge in [-0.3, -0.25) is 4.79 Å². The summed E-state index contributed by atoms with van der Waals surface area (Å²) >= 11 is 0. The molecule has 0 saturated carbocycles. The highest BCUT2D eigenvalue weighted by Gasteiger charge is 2.21. The van der Waals surface area contributed by atoms with Crippen molar-refractivity contribution in [1.82, 2.24) is 15.5 Å². The van der Waals surface area contributed by atoms with Crippen LogP contribution in [0.15, 0.2) is 0 Å². The van der Waals surface area contributed by atoms with Crippen molar-refractivity contribution in [3.8, 4) is 0 Å². The highest BCUT2D eigenvalue weighted by Crippen LogP contribution is 2.13. The molecule has 4 heteroatoms. The first-order chi connectivity index (χ1) is 9.04. The first-order valence-electron chi connectivity index (χ1n) is 7.82. The van der Waals surface area contributed by atoms with Crippen LogP contribution >= 0.6 is 0 Å². The van der Waals surface area contributed by atoms with Crippen LogP contribution in [0.2, 0.25) is 0 Å². The van der Waals surface area contributed by atoms with Gasteiger partial charge in [-0.2, -0.15) is 0 Å². The molecular weight excluding hydrogens is 238 g/mol. The molecule has 19 heavy (non-hydrogen) atoms. The monoisotopic (exact) mass is 269 g/mol. The highest BCUT2D eigenvalue weighted by atomic mass is 16.2. The minimum atomic E-state index is -0.0813. The Bertz CT molecular complexity index is 268. The molecule has 0 bridgehead atoms. The summed E-state index contributed by atoms with van der Waals surface area (Å²) in [4.78, 5) is 14.4. The normalized spacial score (nSPS) is 23.1. The summed E-state index contributed by atoms with van der Waals surface area (Å²) in [5.41, 5.74) is 0. The Morgan fingerprint density at radius 3 is 2.63 bits per heavy atom. The highest BCUT2D eigenvalue weighted by molar-refractivity contribution is 5.81. The number of likely N-dealkylation sites (tertiary alicyclic amines) is 1. The van der Waals surface area contributed by atoms with Gasteiger partial charge in [-0.05, 0) is 59.5 Å². The van der Waals surface area contributed by atoms with E-state index in [2.05, 4.69) is 36.3 Å². The topological polar surface area (TPSA) is 44.4 Å². The predicted octanol–water partition coefficient (Wildman–Crippen LogP) is 1.75. The molecule has 1 heterocycles. The van der Waals surface area contributed by atoms with Gasteiger partial charge in [0.05, 0.1) is 6.04 Å². The van der Waals surface area contributed by atoms with Crippen molar-refractivity contribution in [2.24, 2.45) is 0 Å². The first kappa shape index (κ1) is 16.4. The molecule has 1 aliphatic heterocycles. The molecule has 2 N–H and O–H groups in total. The van der Waals surface area contributed by atoms with E-state index in [0.29, 0.717) is 12.1 Å². The fourth-order valence-corrected chi connectivity index (χ4v) is 2.63. The van der Waals surface area contributed by atoms with Gasteiger partial charge >= 0.3 is 0 Å². The zero-order valence-electron chi connectivity index (χ0n) is 13.0. The Labute approximate surface area is 118 Å². The van der Waals surface area contributed by atoms with Gasteiger partial charge in [0, 0.05) is 18.6 Å². The van der Waals surface area contributed by atoms with Crippen LogP contribution in [0.3, 0.4) is 0 Å². The third-order valence-electron chi connectivity index (χ3n) is 3.92. The van der Waals surface area contributed by atoms with Crippen LogP contribution in [-0.2, 0) is 4.79 Å². The largest absolute Gasteiger partial charge is 0.355 e. The maximum atomic E-state index is 11.9. The summed E-state index contributed by atoms with van der Waals surface area (Å²) in [7, 11) is 0. The molecule has 0 aliphatic carbocycles. The lowest BCUT2D eigenvalue weighted by molar-refractivity contribution is -0.122. The molecule has 112 valence electrons. The Kier molecular flexibility index (Phi) is 7.39. The van der Waals surface area contributed by atoms with Crippen LogP contribution < -0.4 is 10.6 Å². The predicted molar refractivity (Wildman–Crippen MR) is 80.2 cm³/mol. The van der Waals surface area contributed by atoms with Crippen molar-refractivity contribution in [1.29, 1.82) is 0 Å². The van der Waals surface area contributed by atoms with Crippen molar-refractivity contribution < 1.29 is 4.79 Å². The third kappa shape index (κ3) is 5.91. The molecule has 2 atom stereocenters. The minimum absolute atomic E-state index is 0.0813. The molecule has 4 nitrogen and oxygen atoms in total. The number of nitrogens with zero attached hydrogens (tertiary/aromatic N) is 1. The maximum absolute atomic E-state index is 11.9. The van der Waals surface area contributed by atoms with Crippen LogP contribution in [0.25, 0.3) is 0 Å². The van der Waals surface area contributed by atoms with Crippen molar-refractivity contribution >= 4 is 5.91 Å². The number of hydrogen-bond acceptors (Lipinski definition) is 3. The lowest BCUT2D eigenvalue weighted by Crippen LogP contribution is -2.47. The van der Waals surface area contributed by atoms with Crippen LogP contribution in [0.1, 0.15) is 53.4 Å². The van der Waals surface area contributed by atoms with E-state index in [1.165, 1.54) is 19.4 Å². The number of carbonyl (C=O) groups excluding carboxylic acids is 1. The van der Waals surface area contributed by atoms with Crippen molar-refractivity contribution in [2.75, 3.05) is 19.6 Å². The second-order valence-electron chi connectivity index (χ2n) is 5.94. The smallest absolute Gasteiger partial charge is 0.236 e. The van der Waals surface area contributed by atoms with Gasteiger partial charge in [-0.25, -0.2) is 0 Å². The van der Waals surface area contributed by atoms with Crippen molar-refractivity contribution in [3.63, 3.8) is 0 Å². The Balaban J connectivity index is 2.34. The summed E-state index contributed by atoms with van der Waals surface area (Å²) in [5.74, 6) is 0.131. The maximum Gasteiger partial charge on any atom is 0.236 e. The number of amides is 1. The molecule has 1 amide bonds. The fraction of sp³-hybridized carbons (Fsp3) is 0.933. The zero-order valence-corrected chi connectivity index (χ0v) is 13.0.